The minimum absolute atomic E-state index is 0. The number of rotatable bonds is 8. The van der Waals surface area contributed by atoms with Crippen LogP contribution < -0.4 is 10.6 Å². The number of carbonyl (C=O) groups is 2. The normalized spacial score (nSPS) is 19.4. The van der Waals surface area contributed by atoms with Gasteiger partial charge in [-0.25, -0.2) is 4.99 Å². The summed E-state index contributed by atoms with van der Waals surface area (Å²) in [5.74, 6) is 1.97. The molecule has 2 fully saturated rings. The zero-order valence-electron chi connectivity index (χ0n) is 16.5. The molecule has 1 aliphatic heterocycles. The molecule has 1 aromatic rings. The highest BCUT2D eigenvalue weighted by molar-refractivity contribution is 14.0. The van der Waals surface area contributed by atoms with Crippen molar-refractivity contribution in [2.75, 3.05) is 40.3 Å². The summed E-state index contributed by atoms with van der Waals surface area (Å²) in [6.45, 7) is 2.21. The van der Waals surface area contributed by atoms with Gasteiger partial charge in [-0.15, -0.1) is 24.0 Å². The number of furan rings is 1. The standard InChI is InChI=1S/C19H29N5O3.HI/c1-23(2)18(26)12-22-19(20-8-7-16-4-3-9-27-16)21-11-14-10-17(25)24(13-14)15-5-6-15;/h3-4,9,14-15H,5-8,10-13H2,1-2H3,(H2,20,21,22);1H. The highest BCUT2D eigenvalue weighted by atomic mass is 127. The maximum Gasteiger partial charge on any atom is 0.243 e. The van der Waals surface area contributed by atoms with Crippen molar-refractivity contribution in [2.45, 2.75) is 31.7 Å². The molecule has 0 spiro atoms. The minimum atomic E-state index is -0.0573. The summed E-state index contributed by atoms with van der Waals surface area (Å²) in [4.78, 5) is 31.9. The van der Waals surface area contributed by atoms with Gasteiger partial charge in [0.2, 0.25) is 11.8 Å². The van der Waals surface area contributed by atoms with E-state index in [4.69, 9.17) is 4.42 Å². The van der Waals surface area contributed by atoms with Crippen molar-refractivity contribution in [1.29, 1.82) is 0 Å². The fraction of sp³-hybridized carbons (Fsp3) is 0.632. The smallest absolute Gasteiger partial charge is 0.243 e. The molecule has 1 saturated carbocycles. The number of hydrogen-bond donors (Lipinski definition) is 2. The minimum Gasteiger partial charge on any atom is -0.469 e. The van der Waals surface area contributed by atoms with Gasteiger partial charge in [-0.3, -0.25) is 9.59 Å². The molecule has 1 saturated heterocycles. The molecule has 2 aliphatic rings. The van der Waals surface area contributed by atoms with Crippen molar-refractivity contribution in [3.63, 3.8) is 0 Å². The van der Waals surface area contributed by atoms with Crippen LogP contribution in [0.5, 0.6) is 0 Å². The van der Waals surface area contributed by atoms with E-state index in [-0.39, 0.29) is 48.3 Å². The van der Waals surface area contributed by atoms with Gasteiger partial charge in [-0.2, -0.15) is 0 Å². The molecule has 28 heavy (non-hydrogen) atoms. The van der Waals surface area contributed by atoms with E-state index in [9.17, 15) is 9.59 Å². The maximum absolute atomic E-state index is 12.1. The van der Waals surface area contributed by atoms with Gasteiger partial charge in [0.05, 0.1) is 6.26 Å². The van der Waals surface area contributed by atoms with Crippen molar-refractivity contribution in [3.05, 3.63) is 24.2 Å². The summed E-state index contributed by atoms with van der Waals surface area (Å²) in [6, 6.07) is 4.26. The van der Waals surface area contributed by atoms with Crippen LogP contribution in [0.2, 0.25) is 0 Å². The van der Waals surface area contributed by atoms with Gasteiger partial charge >= 0.3 is 0 Å². The molecule has 1 unspecified atom stereocenters. The van der Waals surface area contributed by atoms with E-state index >= 15 is 0 Å². The third-order valence-corrected chi connectivity index (χ3v) is 4.90. The molecule has 2 heterocycles. The van der Waals surface area contributed by atoms with Crippen LogP contribution in [0.25, 0.3) is 0 Å². The van der Waals surface area contributed by atoms with E-state index < -0.39 is 0 Å². The van der Waals surface area contributed by atoms with Crippen LogP contribution in [0.3, 0.4) is 0 Å². The molecule has 156 valence electrons. The fourth-order valence-electron chi connectivity index (χ4n) is 3.15. The van der Waals surface area contributed by atoms with E-state index in [0.717, 1.165) is 31.6 Å². The summed E-state index contributed by atoms with van der Waals surface area (Å²) in [6.07, 6.45) is 5.24. The number of guanidine groups is 1. The van der Waals surface area contributed by atoms with E-state index in [1.54, 1.807) is 20.4 Å². The number of aliphatic imine (C=N–C) groups is 1. The molecule has 3 rings (SSSR count). The Bertz CT molecular complexity index is 673. The molecule has 0 bridgehead atoms. The molecule has 0 aromatic carbocycles. The molecule has 1 aromatic heterocycles. The number of carbonyl (C=O) groups excluding carboxylic acids is 2. The molecule has 0 radical (unpaired) electrons. The maximum atomic E-state index is 12.1. The Morgan fingerprint density at radius 3 is 2.79 bits per heavy atom. The third-order valence-electron chi connectivity index (χ3n) is 4.90. The number of likely N-dealkylation sites (N-methyl/N-ethyl adjacent to an activating group) is 1. The summed E-state index contributed by atoms with van der Waals surface area (Å²) < 4.78 is 5.33. The molecule has 8 nitrogen and oxygen atoms in total. The SMILES string of the molecule is CN(C)C(=O)CN=C(NCCc1ccco1)NCC1CC(=O)N(C2CC2)C1.I. The van der Waals surface area contributed by atoms with Crippen molar-refractivity contribution >= 4 is 41.8 Å². The zero-order valence-corrected chi connectivity index (χ0v) is 18.8. The van der Waals surface area contributed by atoms with Crippen LogP contribution in [0.15, 0.2) is 27.8 Å². The Morgan fingerprint density at radius 2 is 2.14 bits per heavy atom. The van der Waals surface area contributed by atoms with E-state index in [1.165, 1.54) is 4.90 Å². The van der Waals surface area contributed by atoms with Gasteiger partial charge in [-0.1, -0.05) is 0 Å². The summed E-state index contributed by atoms with van der Waals surface area (Å²) in [7, 11) is 3.43. The predicted molar refractivity (Wildman–Crippen MR) is 118 cm³/mol. The molecule has 2 amide bonds. The lowest BCUT2D eigenvalue weighted by Gasteiger charge is -2.17. The van der Waals surface area contributed by atoms with Crippen LogP contribution in [0.1, 0.15) is 25.0 Å². The number of nitrogens with zero attached hydrogens (tertiary/aromatic N) is 3. The molecule has 1 aliphatic carbocycles. The number of hydrogen-bond acceptors (Lipinski definition) is 4. The molecule has 9 heteroatoms. The second kappa shape index (κ2) is 10.7. The van der Waals surface area contributed by atoms with Crippen molar-refractivity contribution in [2.24, 2.45) is 10.9 Å². The number of amides is 2. The Balaban J connectivity index is 0.00000280. The van der Waals surface area contributed by atoms with E-state index in [2.05, 4.69) is 15.6 Å². The second-order valence-electron chi connectivity index (χ2n) is 7.44. The quantitative estimate of drug-likeness (QED) is 0.315. The zero-order chi connectivity index (χ0) is 19.2. The van der Waals surface area contributed by atoms with Gasteiger partial charge in [-0.05, 0) is 25.0 Å². The summed E-state index contributed by atoms with van der Waals surface area (Å²) in [5.41, 5.74) is 0. The first-order valence-corrected chi connectivity index (χ1v) is 9.57. The molecular formula is C19H30IN5O3. The average Bonchev–Trinajstić information content (AvgIpc) is 3.21. The number of likely N-dealkylation sites (tertiary alicyclic amines) is 1. The largest absolute Gasteiger partial charge is 0.469 e. The Hall–Kier alpha value is -1.78. The molecule has 2 N–H and O–H groups in total. The van der Waals surface area contributed by atoms with Crippen LogP contribution in [0.4, 0.5) is 0 Å². The third kappa shape index (κ3) is 6.68. The monoisotopic (exact) mass is 503 g/mol. The lowest BCUT2D eigenvalue weighted by Crippen LogP contribution is -2.42. The highest BCUT2D eigenvalue weighted by Crippen LogP contribution is 2.32. The predicted octanol–water partition coefficient (Wildman–Crippen LogP) is 1.07. The number of halogens is 1. The first-order valence-electron chi connectivity index (χ1n) is 9.57. The Morgan fingerprint density at radius 1 is 1.36 bits per heavy atom. The summed E-state index contributed by atoms with van der Waals surface area (Å²) in [5, 5.41) is 6.54. The van der Waals surface area contributed by atoms with Crippen LogP contribution >= 0.6 is 24.0 Å². The highest BCUT2D eigenvalue weighted by Gasteiger charge is 2.39. The molecule has 1 atom stereocenters. The van der Waals surface area contributed by atoms with Crippen molar-refractivity contribution < 1.29 is 14.0 Å². The molecular weight excluding hydrogens is 473 g/mol. The fourth-order valence-corrected chi connectivity index (χ4v) is 3.15. The van der Waals surface area contributed by atoms with E-state index in [1.807, 2.05) is 17.0 Å². The van der Waals surface area contributed by atoms with Gasteiger partial charge < -0.3 is 24.9 Å². The van der Waals surface area contributed by atoms with Crippen molar-refractivity contribution in [1.82, 2.24) is 20.4 Å². The van der Waals surface area contributed by atoms with Crippen LogP contribution in [-0.2, 0) is 16.0 Å². The van der Waals surface area contributed by atoms with Gasteiger partial charge in [0, 0.05) is 58.5 Å². The van der Waals surface area contributed by atoms with Gasteiger partial charge in [0.1, 0.15) is 12.3 Å². The van der Waals surface area contributed by atoms with E-state index in [0.29, 0.717) is 31.5 Å². The Kier molecular flexibility index (Phi) is 8.58. The van der Waals surface area contributed by atoms with Crippen LogP contribution in [-0.4, -0.2) is 73.9 Å². The topological polar surface area (TPSA) is 90.2 Å². The van der Waals surface area contributed by atoms with Gasteiger partial charge in [0.15, 0.2) is 5.96 Å². The van der Waals surface area contributed by atoms with Crippen molar-refractivity contribution in [3.8, 4) is 0 Å². The van der Waals surface area contributed by atoms with Gasteiger partial charge in [0.25, 0.3) is 0 Å². The first kappa shape index (κ1) is 22.5. The first-order chi connectivity index (χ1) is 13.0. The average molecular weight is 503 g/mol. The summed E-state index contributed by atoms with van der Waals surface area (Å²) >= 11 is 0. The lowest BCUT2D eigenvalue weighted by molar-refractivity contribution is -0.128. The van der Waals surface area contributed by atoms with Crippen LogP contribution in [0, 0.1) is 5.92 Å². The lowest BCUT2D eigenvalue weighted by atomic mass is 10.1. The number of nitrogens with one attached hydrogen (secondary N) is 2. The Labute approximate surface area is 183 Å². The second-order valence-corrected chi connectivity index (χ2v) is 7.44.